The molecule has 0 heterocycles. The second-order valence-electron chi connectivity index (χ2n) is 4.42. The molecule has 0 N–H and O–H groups in total. The van der Waals surface area contributed by atoms with Crippen LogP contribution in [0.3, 0.4) is 0 Å². The van der Waals surface area contributed by atoms with Crippen LogP contribution in [0.4, 0.5) is 9.59 Å². The minimum absolute atomic E-state index is 0.384. The first kappa shape index (κ1) is 20.9. The topological polar surface area (TPSA) is 71.4 Å². The van der Waals surface area contributed by atoms with Crippen molar-refractivity contribution in [3.63, 3.8) is 0 Å². The van der Waals surface area contributed by atoms with Gasteiger partial charge in [-0.25, -0.2) is 18.2 Å². The predicted molar refractivity (Wildman–Crippen MR) is 91.7 cm³/mol. The van der Waals surface area contributed by atoms with Gasteiger partial charge in [-0.15, -0.1) is 11.8 Å². The molecule has 0 rings (SSSR count). The Hall–Kier alpha value is -1.09. The molecule has 22 heavy (non-hydrogen) atoms. The van der Waals surface area contributed by atoms with Crippen molar-refractivity contribution < 1.29 is 19.2 Å². The number of nitrogens with zero attached hydrogens (tertiary/aromatic N) is 3. The van der Waals surface area contributed by atoms with Crippen molar-refractivity contribution in [1.82, 2.24) is 8.61 Å². The maximum Gasteiger partial charge on any atom is 0.447 e. The highest BCUT2D eigenvalue weighted by Crippen LogP contribution is 2.15. The molecule has 0 radical (unpaired) electrons. The van der Waals surface area contributed by atoms with E-state index >= 15 is 0 Å². The molecular formula is C13H25N3O4S2. The molecule has 9 heteroatoms. The molecule has 0 aliphatic carbocycles. The van der Waals surface area contributed by atoms with E-state index in [1.807, 2.05) is 6.26 Å². The van der Waals surface area contributed by atoms with Crippen molar-refractivity contribution >= 4 is 41.1 Å². The molecule has 0 spiro atoms. The van der Waals surface area contributed by atoms with Crippen molar-refractivity contribution in [1.29, 1.82) is 0 Å². The van der Waals surface area contributed by atoms with Crippen LogP contribution in [0.25, 0.3) is 0 Å². The lowest BCUT2D eigenvalue weighted by atomic mass is 10.2. The van der Waals surface area contributed by atoms with Gasteiger partial charge in [0.25, 0.3) is 0 Å². The standard InChI is InChI=1S/C13H25N3O4S2/c1-6-7-8-9-10-19-12(17)15(3)22-16(4)13(18)20-14-11(2)21-5/h6-10H2,1-5H3. The average molecular weight is 351 g/mol. The van der Waals surface area contributed by atoms with E-state index in [9.17, 15) is 9.59 Å². The number of thioether (sulfide) groups is 1. The van der Waals surface area contributed by atoms with Gasteiger partial charge in [-0.2, -0.15) is 0 Å². The SMILES string of the molecule is CCCCCCOC(=O)N(C)SN(C)C(=O)ON=C(C)SC. The summed E-state index contributed by atoms with van der Waals surface area (Å²) in [5, 5.41) is 4.27. The number of ether oxygens (including phenoxy) is 1. The molecular weight excluding hydrogens is 326 g/mol. The largest absolute Gasteiger partial charge is 0.449 e. The van der Waals surface area contributed by atoms with Crippen molar-refractivity contribution in [2.75, 3.05) is 27.0 Å². The van der Waals surface area contributed by atoms with E-state index in [0.717, 1.165) is 42.1 Å². The Morgan fingerprint density at radius 3 is 2.32 bits per heavy atom. The lowest BCUT2D eigenvalue weighted by molar-refractivity contribution is 0.127. The van der Waals surface area contributed by atoms with Crippen LogP contribution in [0.5, 0.6) is 0 Å². The molecule has 0 unspecified atom stereocenters. The molecule has 0 saturated carbocycles. The Morgan fingerprint density at radius 1 is 1.09 bits per heavy atom. The van der Waals surface area contributed by atoms with Gasteiger partial charge in [-0.3, -0.25) is 4.84 Å². The molecule has 0 aliphatic heterocycles. The average Bonchev–Trinajstić information content (AvgIpc) is 2.51. The molecule has 0 atom stereocenters. The van der Waals surface area contributed by atoms with Crippen LogP contribution >= 0.6 is 23.9 Å². The van der Waals surface area contributed by atoms with Crippen LogP contribution in [-0.4, -0.2) is 52.8 Å². The van der Waals surface area contributed by atoms with Gasteiger partial charge in [0, 0.05) is 14.1 Å². The quantitative estimate of drug-likeness (QED) is 0.165. The highest BCUT2D eigenvalue weighted by atomic mass is 32.2. The zero-order valence-corrected chi connectivity index (χ0v) is 15.5. The molecule has 7 nitrogen and oxygen atoms in total. The summed E-state index contributed by atoms with van der Waals surface area (Å²) < 4.78 is 7.49. The number of carbonyl (C=O) groups is 2. The normalized spacial score (nSPS) is 11.0. The first-order valence-electron chi connectivity index (χ1n) is 7.04. The summed E-state index contributed by atoms with van der Waals surface area (Å²) in [6.45, 7) is 4.23. The van der Waals surface area contributed by atoms with Crippen LogP contribution in [0.15, 0.2) is 5.16 Å². The van der Waals surface area contributed by atoms with Crippen molar-refractivity contribution in [3.05, 3.63) is 0 Å². The number of amides is 2. The fourth-order valence-corrected chi connectivity index (χ4v) is 1.93. The third-order valence-electron chi connectivity index (χ3n) is 2.53. The molecule has 0 aromatic rings. The Kier molecular flexibility index (Phi) is 11.8. The van der Waals surface area contributed by atoms with Gasteiger partial charge in [0.15, 0.2) is 0 Å². The highest BCUT2D eigenvalue weighted by Gasteiger charge is 2.18. The van der Waals surface area contributed by atoms with E-state index in [4.69, 9.17) is 9.57 Å². The summed E-state index contributed by atoms with van der Waals surface area (Å²) >= 11 is 2.26. The molecule has 0 aromatic carbocycles. The zero-order valence-electron chi connectivity index (χ0n) is 13.8. The van der Waals surface area contributed by atoms with Gasteiger partial charge >= 0.3 is 12.2 Å². The van der Waals surface area contributed by atoms with Crippen LogP contribution < -0.4 is 0 Å². The lowest BCUT2D eigenvalue weighted by Crippen LogP contribution is -2.29. The van der Waals surface area contributed by atoms with Gasteiger partial charge in [0.2, 0.25) is 0 Å². The highest BCUT2D eigenvalue weighted by molar-refractivity contribution is 8.13. The van der Waals surface area contributed by atoms with Crippen molar-refractivity contribution in [2.24, 2.45) is 5.16 Å². The molecule has 0 aliphatic rings. The summed E-state index contributed by atoms with van der Waals surface area (Å²) in [5.41, 5.74) is 0. The van der Waals surface area contributed by atoms with Crippen LogP contribution in [0.1, 0.15) is 39.5 Å². The fourth-order valence-electron chi connectivity index (χ4n) is 1.23. The second kappa shape index (κ2) is 12.5. The molecule has 128 valence electrons. The first-order valence-corrected chi connectivity index (χ1v) is 8.99. The minimum atomic E-state index is -0.666. The van der Waals surface area contributed by atoms with E-state index in [1.54, 1.807) is 6.92 Å². The zero-order chi connectivity index (χ0) is 17.0. The van der Waals surface area contributed by atoms with Crippen molar-refractivity contribution in [2.45, 2.75) is 39.5 Å². The number of oxime groups is 1. The van der Waals surface area contributed by atoms with Gasteiger partial charge in [0.1, 0.15) is 5.04 Å². The fraction of sp³-hybridized carbons (Fsp3) is 0.769. The molecule has 0 fully saturated rings. The Morgan fingerprint density at radius 2 is 1.73 bits per heavy atom. The Labute approximate surface area is 141 Å². The van der Waals surface area contributed by atoms with E-state index in [-0.39, 0.29) is 0 Å². The summed E-state index contributed by atoms with van der Waals surface area (Å²) in [4.78, 5) is 28.1. The smallest absolute Gasteiger partial charge is 0.447 e. The Bertz CT molecular complexity index is 380. The maximum absolute atomic E-state index is 11.7. The number of carbonyl (C=O) groups excluding carboxylic acids is 2. The van der Waals surface area contributed by atoms with Crippen LogP contribution in [0, 0.1) is 0 Å². The van der Waals surface area contributed by atoms with Crippen LogP contribution in [0.2, 0.25) is 0 Å². The minimum Gasteiger partial charge on any atom is -0.449 e. The van der Waals surface area contributed by atoms with Crippen LogP contribution in [-0.2, 0) is 9.57 Å². The summed E-state index contributed by atoms with van der Waals surface area (Å²) in [6.07, 6.45) is 4.82. The predicted octanol–water partition coefficient (Wildman–Crippen LogP) is 3.96. The van der Waals surface area contributed by atoms with Gasteiger partial charge in [0.05, 0.1) is 18.7 Å². The number of unbranched alkanes of at least 4 members (excludes halogenated alkanes) is 3. The van der Waals surface area contributed by atoms with Gasteiger partial charge in [-0.05, 0) is 19.6 Å². The summed E-state index contributed by atoms with van der Waals surface area (Å²) in [6, 6.07) is 0. The van der Waals surface area contributed by atoms with E-state index in [0.29, 0.717) is 11.7 Å². The van der Waals surface area contributed by atoms with E-state index < -0.39 is 12.2 Å². The Balaban J connectivity index is 4.04. The molecule has 0 saturated heterocycles. The monoisotopic (exact) mass is 351 g/mol. The molecule has 0 aromatic heterocycles. The lowest BCUT2D eigenvalue weighted by Gasteiger charge is -2.20. The van der Waals surface area contributed by atoms with Gasteiger partial charge < -0.3 is 4.74 Å². The summed E-state index contributed by atoms with van der Waals surface area (Å²) in [7, 11) is 3.02. The maximum atomic E-state index is 11.7. The number of hydrogen-bond acceptors (Lipinski definition) is 7. The van der Waals surface area contributed by atoms with Crippen molar-refractivity contribution in [3.8, 4) is 0 Å². The number of rotatable bonds is 8. The molecule has 2 amide bonds. The third kappa shape index (κ3) is 9.78. The van der Waals surface area contributed by atoms with E-state index in [2.05, 4.69) is 12.1 Å². The number of hydrogen-bond donors (Lipinski definition) is 0. The summed E-state index contributed by atoms with van der Waals surface area (Å²) in [5.74, 6) is 0. The first-order chi connectivity index (χ1) is 10.4. The second-order valence-corrected chi connectivity index (χ2v) is 6.68. The van der Waals surface area contributed by atoms with E-state index in [1.165, 1.54) is 30.2 Å². The third-order valence-corrected chi connectivity index (χ3v) is 3.98. The van der Waals surface area contributed by atoms with Gasteiger partial charge in [-0.1, -0.05) is 31.3 Å². The molecule has 0 bridgehead atoms.